The maximum absolute atomic E-state index is 13.2. The maximum Gasteiger partial charge on any atom is 0.192 e. The second-order valence-electron chi connectivity index (χ2n) is 5.24. The van der Waals surface area contributed by atoms with Crippen molar-refractivity contribution in [3.8, 4) is 0 Å². The van der Waals surface area contributed by atoms with Gasteiger partial charge in [-0.2, -0.15) is 0 Å². The minimum absolute atomic E-state index is 0.0574. The molecular formula is C15H15FN2O2S. The average molecular weight is 306 g/mol. The summed E-state index contributed by atoms with van der Waals surface area (Å²) >= 11 is 0. The molecule has 0 spiro atoms. The predicted molar refractivity (Wildman–Crippen MR) is 78.4 cm³/mol. The van der Waals surface area contributed by atoms with E-state index in [1.54, 1.807) is 18.2 Å². The lowest BCUT2D eigenvalue weighted by atomic mass is 10.1. The van der Waals surface area contributed by atoms with Gasteiger partial charge >= 0.3 is 0 Å². The van der Waals surface area contributed by atoms with Gasteiger partial charge in [-0.05, 0) is 48.2 Å². The minimum atomic E-state index is -3.28. The zero-order valence-electron chi connectivity index (χ0n) is 11.5. The molecule has 1 atom stereocenters. The fourth-order valence-electron chi connectivity index (χ4n) is 2.62. The number of fused-ring (bicyclic) bond motifs is 1. The van der Waals surface area contributed by atoms with Crippen LogP contribution in [0.25, 0.3) is 0 Å². The summed E-state index contributed by atoms with van der Waals surface area (Å²) in [5.41, 5.74) is 2.86. The number of benzene rings is 1. The highest BCUT2D eigenvalue weighted by molar-refractivity contribution is 7.90. The van der Waals surface area contributed by atoms with Gasteiger partial charge in [-0.3, -0.25) is 0 Å². The molecular weight excluding hydrogens is 291 g/mol. The van der Waals surface area contributed by atoms with Crippen LogP contribution in [0.4, 0.5) is 10.1 Å². The normalized spacial score (nSPS) is 17.5. The largest absolute Gasteiger partial charge is 0.377 e. The maximum atomic E-state index is 13.2. The first-order valence-electron chi connectivity index (χ1n) is 6.64. The number of aromatic nitrogens is 1. The minimum Gasteiger partial charge on any atom is -0.377 e. The number of rotatable bonds is 3. The van der Waals surface area contributed by atoms with Crippen LogP contribution in [-0.4, -0.2) is 19.7 Å². The molecule has 0 amide bonds. The Bertz CT molecular complexity index is 773. The molecule has 4 nitrogen and oxygen atoms in total. The Balaban J connectivity index is 1.80. The van der Waals surface area contributed by atoms with Crippen molar-refractivity contribution in [2.75, 3.05) is 11.6 Å². The SMILES string of the molecule is CS(=O)(=O)c1ccc(NC2CCc3cc(F)ccc32)cn1. The van der Waals surface area contributed by atoms with Gasteiger partial charge in [0.05, 0.1) is 17.9 Å². The Morgan fingerprint density at radius 1 is 1.29 bits per heavy atom. The zero-order chi connectivity index (χ0) is 15.0. The van der Waals surface area contributed by atoms with Gasteiger partial charge in [0.25, 0.3) is 0 Å². The Kier molecular flexibility index (Phi) is 3.41. The van der Waals surface area contributed by atoms with Crippen LogP contribution >= 0.6 is 0 Å². The van der Waals surface area contributed by atoms with E-state index in [4.69, 9.17) is 0 Å². The van der Waals surface area contributed by atoms with Gasteiger partial charge in [0.2, 0.25) is 0 Å². The summed E-state index contributed by atoms with van der Waals surface area (Å²) in [4.78, 5) is 3.95. The third-order valence-electron chi connectivity index (χ3n) is 3.64. The first-order valence-corrected chi connectivity index (χ1v) is 8.53. The van der Waals surface area contributed by atoms with E-state index in [1.165, 1.54) is 18.3 Å². The Hall–Kier alpha value is -1.95. The lowest BCUT2D eigenvalue weighted by molar-refractivity contribution is 0.598. The summed E-state index contributed by atoms with van der Waals surface area (Å²) in [6, 6.07) is 8.12. The first-order chi connectivity index (χ1) is 9.93. The number of halogens is 1. The molecule has 1 unspecified atom stereocenters. The number of nitrogens with one attached hydrogen (secondary N) is 1. The van der Waals surface area contributed by atoms with E-state index in [0.717, 1.165) is 35.9 Å². The van der Waals surface area contributed by atoms with E-state index in [2.05, 4.69) is 10.3 Å². The van der Waals surface area contributed by atoms with E-state index in [0.29, 0.717) is 0 Å². The van der Waals surface area contributed by atoms with E-state index >= 15 is 0 Å². The van der Waals surface area contributed by atoms with Crippen LogP contribution in [0, 0.1) is 5.82 Å². The molecule has 3 rings (SSSR count). The van der Waals surface area contributed by atoms with Crippen molar-refractivity contribution < 1.29 is 12.8 Å². The lowest BCUT2D eigenvalue weighted by Crippen LogP contribution is -2.08. The second kappa shape index (κ2) is 5.11. The Morgan fingerprint density at radius 3 is 2.76 bits per heavy atom. The number of hydrogen-bond donors (Lipinski definition) is 1. The van der Waals surface area contributed by atoms with Crippen molar-refractivity contribution in [2.24, 2.45) is 0 Å². The molecule has 0 bridgehead atoms. The zero-order valence-corrected chi connectivity index (χ0v) is 12.3. The van der Waals surface area contributed by atoms with Crippen molar-refractivity contribution in [1.82, 2.24) is 4.98 Å². The van der Waals surface area contributed by atoms with Gasteiger partial charge in [-0.1, -0.05) is 6.07 Å². The molecule has 0 saturated heterocycles. The Morgan fingerprint density at radius 2 is 2.10 bits per heavy atom. The summed E-state index contributed by atoms with van der Waals surface area (Å²) in [5, 5.41) is 3.37. The molecule has 1 heterocycles. The van der Waals surface area contributed by atoms with E-state index in [9.17, 15) is 12.8 Å². The van der Waals surface area contributed by atoms with Crippen molar-refractivity contribution in [2.45, 2.75) is 23.9 Å². The molecule has 0 radical (unpaired) electrons. The quantitative estimate of drug-likeness (QED) is 0.947. The molecule has 21 heavy (non-hydrogen) atoms. The lowest BCUT2D eigenvalue weighted by Gasteiger charge is -2.15. The van der Waals surface area contributed by atoms with Crippen LogP contribution in [0.1, 0.15) is 23.6 Å². The fraction of sp³-hybridized carbons (Fsp3) is 0.267. The van der Waals surface area contributed by atoms with Crippen molar-refractivity contribution in [1.29, 1.82) is 0 Å². The molecule has 2 aromatic rings. The van der Waals surface area contributed by atoms with Gasteiger partial charge < -0.3 is 5.32 Å². The summed E-state index contributed by atoms with van der Waals surface area (Å²) in [6.07, 6.45) is 4.36. The monoisotopic (exact) mass is 306 g/mol. The highest BCUT2D eigenvalue weighted by Crippen LogP contribution is 2.34. The topological polar surface area (TPSA) is 59.1 Å². The summed E-state index contributed by atoms with van der Waals surface area (Å²) in [5.74, 6) is -0.214. The van der Waals surface area contributed by atoms with E-state index in [-0.39, 0.29) is 16.9 Å². The third kappa shape index (κ3) is 2.90. The predicted octanol–water partition coefficient (Wildman–Crippen LogP) is 2.72. The molecule has 0 saturated carbocycles. The summed E-state index contributed by atoms with van der Waals surface area (Å²) in [6.45, 7) is 0. The molecule has 0 aliphatic heterocycles. The van der Waals surface area contributed by atoms with Gasteiger partial charge in [-0.25, -0.2) is 17.8 Å². The van der Waals surface area contributed by atoms with Crippen LogP contribution in [0.5, 0.6) is 0 Å². The fourth-order valence-corrected chi connectivity index (χ4v) is 3.18. The van der Waals surface area contributed by atoms with Crippen LogP contribution < -0.4 is 5.32 Å². The summed E-state index contributed by atoms with van der Waals surface area (Å²) < 4.78 is 35.9. The van der Waals surface area contributed by atoms with Crippen molar-refractivity contribution in [3.63, 3.8) is 0 Å². The van der Waals surface area contributed by atoms with Crippen LogP contribution in [0.2, 0.25) is 0 Å². The molecule has 1 aliphatic rings. The van der Waals surface area contributed by atoms with Gasteiger partial charge in [-0.15, -0.1) is 0 Å². The van der Waals surface area contributed by atoms with Gasteiger partial charge in [0, 0.05) is 6.26 Å². The number of hydrogen-bond acceptors (Lipinski definition) is 4. The van der Waals surface area contributed by atoms with E-state index < -0.39 is 9.84 Å². The number of anilines is 1. The van der Waals surface area contributed by atoms with Crippen molar-refractivity contribution in [3.05, 3.63) is 53.5 Å². The third-order valence-corrected chi connectivity index (χ3v) is 4.64. The molecule has 1 aliphatic carbocycles. The van der Waals surface area contributed by atoms with Gasteiger partial charge in [0.15, 0.2) is 14.9 Å². The molecule has 1 aromatic heterocycles. The molecule has 1 N–H and O–H groups in total. The molecule has 1 aromatic carbocycles. The first kappa shape index (κ1) is 14.0. The molecule has 0 fully saturated rings. The highest BCUT2D eigenvalue weighted by atomic mass is 32.2. The van der Waals surface area contributed by atoms with Crippen molar-refractivity contribution >= 4 is 15.5 Å². The van der Waals surface area contributed by atoms with Crippen LogP contribution in [-0.2, 0) is 16.3 Å². The molecule has 6 heteroatoms. The average Bonchev–Trinajstić information content (AvgIpc) is 2.80. The smallest absolute Gasteiger partial charge is 0.192 e. The van der Waals surface area contributed by atoms with Gasteiger partial charge in [0.1, 0.15) is 5.82 Å². The Labute approximate surface area is 123 Å². The molecule has 110 valence electrons. The highest BCUT2D eigenvalue weighted by Gasteiger charge is 2.22. The number of pyridine rings is 1. The number of nitrogens with zero attached hydrogens (tertiary/aromatic N) is 1. The van der Waals surface area contributed by atoms with Crippen LogP contribution in [0.15, 0.2) is 41.6 Å². The standard InChI is InChI=1S/C15H15FN2O2S/c1-21(19,20)15-7-4-12(9-17-15)18-14-6-2-10-8-11(16)3-5-13(10)14/h3-5,7-9,14,18H,2,6H2,1H3. The van der Waals surface area contributed by atoms with E-state index in [1.807, 2.05) is 0 Å². The number of aryl methyl sites for hydroxylation is 1. The second-order valence-corrected chi connectivity index (χ2v) is 7.20. The number of sulfone groups is 1. The summed E-state index contributed by atoms with van der Waals surface area (Å²) in [7, 11) is -3.28. The van der Waals surface area contributed by atoms with Crippen LogP contribution in [0.3, 0.4) is 0 Å².